The van der Waals surface area contributed by atoms with Crippen LogP contribution in [0.3, 0.4) is 0 Å². The maximum atomic E-state index is 12.1. The highest BCUT2D eigenvalue weighted by Gasteiger charge is 2.43. The smallest absolute Gasteiger partial charge is 0.335 e. The third kappa shape index (κ3) is 3.87. The third-order valence-electron chi connectivity index (χ3n) is 5.62. The molecule has 0 bridgehead atoms. The zero-order valence-corrected chi connectivity index (χ0v) is 16.4. The summed E-state index contributed by atoms with van der Waals surface area (Å²) in [6, 6.07) is 11.2. The Kier molecular flexibility index (Phi) is 5.20. The molecule has 0 saturated heterocycles. The molecular weight excluding hydrogens is 402 g/mol. The number of urea groups is 1. The Labute approximate surface area is 177 Å². The van der Waals surface area contributed by atoms with Crippen LogP contribution in [0.25, 0.3) is 6.08 Å². The normalized spacial score (nSPS) is 21.5. The lowest BCUT2D eigenvalue weighted by Crippen LogP contribution is -2.35. The number of hydrogen-bond acceptors (Lipinski definition) is 6. The van der Waals surface area contributed by atoms with Crippen molar-refractivity contribution in [2.24, 2.45) is 16.8 Å². The van der Waals surface area contributed by atoms with Crippen molar-refractivity contribution >= 4 is 29.2 Å². The van der Waals surface area contributed by atoms with Gasteiger partial charge in [-0.1, -0.05) is 12.1 Å². The van der Waals surface area contributed by atoms with Gasteiger partial charge in [-0.05, 0) is 54.2 Å². The Morgan fingerprint density at radius 1 is 1.03 bits per heavy atom. The number of non-ortho nitro benzene ring substituents is 2. The minimum Gasteiger partial charge on any atom is -0.350 e. The van der Waals surface area contributed by atoms with Gasteiger partial charge < -0.3 is 5.73 Å². The number of primary amides is 1. The van der Waals surface area contributed by atoms with Gasteiger partial charge >= 0.3 is 6.03 Å². The van der Waals surface area contributed by atoms with Crippen LogP contribution in [0.1, 0.15) is 36.4 Å². The largest absolute Gasteiger partial charge is 0.350 e. The van der Waals surface area contributed by atoms with Gasteiger partial charge in [0.25, 0.3) is 11.4 Å². The molecule has 2 aromatic rings. The number of benzene rings is 2. The summed E-state index contributed by atoms with van der Waals surface area (Å²) in [6.45, 7) is 0. The Morgan fingerprint density at radius 2 is 1.61 bits per heavy atom. The Bertz CT molecular complexity index is 1110. The third-order valence-corrected chi connectivity index (χ3v) is 5.62. The summed E-state index contributed by atoms with van der Waals surface area (Å²) in [4.78, 5) is 33.0. The van der Waals surface area contributed by atoms with Gasteiger partial charge in [-0.15, -0.1) is 0 Å². The summed E-state index contributed by atoms with van der Waals surface area (Å²) < 4.78 is 0. The highest BCUT2D eigenvalue weighted by molar-refractivity contribution is 6.08. The zero-order chi connectivity index (χ0) is 22.1. The van der Waals surface area contributed by atoms with Gasteiger partial charge in [0.05, 0.1) is 21.6 Å². The van der Waals surface area contributed by atoms with Gasteiger partial charge in [0, 0.05) is 30.2 Å². The lowest BCUT2D eigenvalue weighted by molar-refractivity contribution is -0.385. The van der Waals surface area contributed by atoms with E-state index in [4.69, 9.17) is 5.73 Å². The molecule has 2 N–H and O–H groups in total. The molecule has 10 heteroatoms. The van der Waals surface area contributed by atoms with Crippen LogP contribution in [0.2, 0.25) is 0 Å². The van der Waals surface area contributed by atoms with Gasteiger partial charge in [0.1, 0.15) is 0 Å². The summed E-state index contributed by atoms with van der Waals surface area (Å²) in [5, 5.41) is 27.6. The van der Waals surface area contributed by atoms with Crippen LogP contribution >= 0.6 is 0 Å². The first-order valence-electron chi connectivity index (χ1n) is 9.72. The van der Waals surface area contributed by atoms with Gasteiger partial charge in [0.15, 0.2) is 0 Å². The van der Waals surface area contributed by atoms with Gasteiger partial charge in [-0.3, -0.25) is 20.2 Å². The van der Waals surface area contributed by atoms with E-state index in [1.165, 1.54) is 29.3 Å². The average molecular weight is 421 g/mol. The number of carbonyl (C=O) groups excluding carboxylic acids is 1. The monoisotopic (exact) mass is 421 g/mol. The maximum absolute atomic E-state index is 12.1. The Morgan fingerprint density at radius 3 is 2.16 bits per heavy atom. The quantitative estimate of drug-likeness (QED) is 0.581. The number of fused-ring (bicyclic) bond motifs is 1. The number of rotatable bonds is 4. The van der Waals surface area contributed by atoms with Crippen LogP contribution in [-0.4, -0.2) is 26.6 Å². The predicted molar refractivity (Wildman–Crippen MR) is 113 cm³/mol. The number of allylic oxidation sites excluding steroid dienone is 1. The van der Waals surface area contributed by atoms with Crippen molar-refractivity contribution in [1.29, 1.82) is 0 Å². The molecule has 158 valence electrons. The molecule has 31 heavy (non-hydrogen) atoms. The van der Waals surface area contributed by atoms with Crippen molar-refractivity contribution in [3.63, 3.8) is 0 Å². The van der Waals surface area contributed by atoms with Crippen molar-refractivity contribution < 1.29 is 14.6 Å². The van der Waals surface area contributed by atoms with Crippen LogP contribution in [0.5, 0.6) is 0 Å². The lowest BCUT2D eigenvalue weighted by Gasteiger charge is -2.28. The molecule has 0 aromatic heterocycles. The van der Waals surface area contributed by atoms with Gasteiger partial charge in [-0.2, -0.15) is 5.10 Å². The maximum Gasteiger partial charge on any atom is 0.335 e. The summed E-state index contributed by atoms with van der Waals surface area (Å²) in [7, 11) is 0. The van der Waals surface area contributed by atoms with E-state index in [1.807, 2.05) is 6.08 Å². The first-order valence-corrected chi connectivity index (χ1v) is 9.72. The van der Waals surface area contributed by atoms with Crippen LogP contribution in [-0.2, 0) is 0 Å². The summed E-state index contributed by atoms with van der Waals surface area (Å²) in [5.74, 6) is -0.0907. The van der Waals surface area contributed by atoms with Gasteiger partial charge in [-0.25, -0.2) is 9.80 Å². The molecule has 1 aliphatic carbocycles. The van der Waals surface area contributed by atoms with Crippen molar-refractivity contribution in [3.05, 3.63) is 85.5 Å². The van der Waals surface area contributed by atoms with Crippen LogP contribution in [0.15, 0.2) is 59.2 Å². The van der Waals surface area contributed by atoms with E-state index in [0.29, 0.717) is 0 Å². The molecule has 1 heterocycles. The molecular formula is C21H19N5O5. The van der Waals surface area contributed by atoms with Crippen molar-refractivity contribution in [3.8, 4) is 0 Å². The van der Waals surface area contributed by atoms with E-state index in [0.717, 1.165) is 41.7 Å². The molecule has 10 nitrogen and oxygen atoms in total. The summed E-state index contributed by atoms with van der Waals surface area (Å²) >= 11 is 0. The average Bonchev–Trinajstić information content (AvgIpc) is 3.15. The Hall–Kier alpha value is -4.08. The lowest BCUT2D eigenvalue weighted by atomic mass is 9.77. The van der Waals surface area contributed by atoms with Crippen LogP contribution < -0.4 is 5.73 Å². The molecule has 0 unspecified atom stereocenters. The summed E-state index contributed by atoms with van der Waals surface area (Å²) in [5.41, 5.74) is 8.80. The molecule has 4 rings (SSSR count). The number of hydrogen-bond donors (Lipinski definition) is 1. The van der Waals surface area contributed by atoms with E-state index in [9.17, 15) is 25.0 Å². The fourth-order valence-corrected chi connectivity index (χ4v) is 4.20. The second kappa shape index (κ2) is 7.98. The van der Waals surface area contributed by atoms with Crippen molar-refractivity contribution in [1.82, 2.24) is 5.01 Å². The van der Waals surface area contributed by atoms with Crippen molar-refractivity contribution in [2.45, 2.75) is 25.3 Å². The van der Waals surface area contributed by atoms with E-state index >= 15 is 0 Å². The minimum atomic E-state index is -0.695. The number of nitro benzene ring substituents is 2. The van der Waals surface area contributed by atoms with E-state index in [2.05, 4.69) is 5.10 Å². The minimum absolute atomic E-state index is 0.0139. The number of carbonyl (C=O) groups is 1. The van der Waals surface area contributed by atoms with Crippen LogP contribution in [0, 0.1) is 26.1 Å². The molecule has 1 saturated carbocycles. The molecule has 1 aliphatic heterocycles. The summed E-state index contributed by atoms with van der Waals surface area (Å²) in [6.07, 6.45) is 4.35. The van der Waals surface area contributed by atoms with E-state index in [-0.39, 0.29) is 17.3 Å². The fourth-order valence-electron chi connectivity index (χ4n) is 4.20. The number of amides is 2. The highest BCUT2D eigenvalue weighted by Crippen LogP contribution is 2.44. The number of nitrogens with zero attached hydrogens (tertiary/aromatic N) is 4. The topological polar surface area (TPSA) is 145 Å². The first kappa shape index (κ1) is 20.2. The number of hydrazone groups is 1. The van der Waals surface area contributed by atoms with Crippen molar-refractivity contribution in [2.75, 3.05) is 0 Å². The number of nitrogens with two attached hydrogens (primary N) is 1. The second-order valence-corrected chi connectivity index (χ2v) is 7.48. The second-order valence-electron chi connectivity index (χ2n) is 7.48. The zero-order valence-electron chi connectivity index (χ0n) is 16.4. The fraction of sp³-hybridized carbons (Fsp3) is 0.238. The predicted octanol–water partition coefficient (Wildman–Crippen LogP) is 4.18. The number of nitro groups is 2. The van der Waals surface area contributed by atoms with E-state index in [1.54, 1.807) is 24.3 Å². The standard InChI is InChI=1S/C21H19N5O5/c22-21(27)24-20(14-6-10-17(11-7-14)26(30)31)18-3-1-2-15(19(18)23-24)12-13-4-8-16(9-5-13)25(28)29/h4-12,18,20H,1-3H2,(H2,22,27)/b15-12+/t18-,20+/m0/s1. The molecule has 1 fully saturated rings. The van der Waals surface area contributed by atoms with Gasteiger partial charge in [0.2, 0.25) is 0 Å². The highest BCUT2D eigenvalue weighted by atomic mass is 16.6. The molecule has 0 radical (unpaired) electrons. The molecule has 2 atom stereocenters. The molecule has 2 aromatic carbocycles. The van der Waals surface area contributed by atoms with Crippen LogP contribution in [0.4, 0.5) is 16.2 Å². The molecule has 0 spiro atoms. The molecule has 2 amide bonds. The first-order chi connectivity index (χ1) is 14.8. The van der Waals surface area contributed by atoms with E-state index < -0.39 is 21.9 Å². The Balaban J connectivity index is 1.68. The SMILES string of the molecule is NC(=O)N1N=C2/C(=C/c3ccc([N+](=O)[O-])cc3)CCC[C@@H]2[C@H]1c1ccc([N+](=O)[O-])cc1. The molecule has 2 aliphatic rings.